The number of aliphatic carboxylic acids is 1. The van der Waals surface area contributed by atoms with Crippen LogP contribution in [0.2, 0.25) is 0 Å². The van der Waals surface area contributed by atoms with Gasteiger partial charge in [-0.3, -0.25) is 9.78 Å². The molecule has 0 aliphatic heterocycles. The lowest BCUT2D eigenvalue weighted by molar-refractivity contribution is -0.141. The third-order valence-electron chi connectivity index (χ3n) is 7.44. The second-order valence-electron chi connectivity index (χ2n) is 9.98. The van der Waals surface area contributed by atoms with Crippen LogP contribution in [0.1, 0.15) is 24.8 Å². The molecule has 11 heteroatoms. The fraction of sp³-hybridized carbons (Fsp3) is 0.241. The molecule has 0 saturated heterocycles. The number of pyridine rings is 1. The zero-order valence-corrected chi connectivity index (χ0v) is 21.4. The van der Waals surface area contributed by atoms with Gasteiger partial charge in [0.15, 0.2) is 5.69 Å². The molecule has 0 radical (unpaired) electrons. The number of carbonyl (C=O) groups is 1. The van der Waals surface area contributed by atoms with Crippen molar-refractivity contribution in [1.29, 1.82) is 0 Å². The Labute approximate surface area is 228 Å². The van der Waals surface area contributed by atoms with Crippen molar-refractivity contribution in [3.8, 4) is 39.9 Å². The summed E-state index contributed by atoms with van der Waals surface area (Å²) >= 11 is 0. The molecule has 3 aromatic heterocycles. The summed E-state index contributed by atoms with van der Waals surface area (Å²) in [6.07, 6.45) is 6.06. The Bertz CT molecular complexity index is 1640. The summed E-state index contributed by atoms with van der Waals surface area (Å²) < 4.78 is 21.7. The topological polar surface area (TPSA) is 146 Å². The molecule has 3 atom stereocenters. The van der Waals surface area contributed by atoms with Gasteiger partial charge in [0, 0.05) is 29.6 Å². The van der Waals surface area contributed by atoms with E-state index in [-0.39, 0.29) is 29.5 Å². The first-order valence-corrected chi connectivity index (χ1v) is 13.0. The molecule has 1 aliphatic carbocycles. The van der Waals surface area contributed by atoms with E-state index in [0.29, 0.717) is 42.0 Å². The number of aromatic nitrogens is 6. The van der Waals surface area contributed by atoms with Crippen molar-refractivity contribution in [2.24, 2.45) is 17.6 Å². The van der Waals surface area contributed by atoms with E-state index in [4.69, 9.17) is 10.3 Å². The molecule has 3 N–H and O–H groups in total. The predicted octanol–water partition coefficient (Wildman–Crippen LogP) is 4.56. The quantitative estimate of drug-likeness (QED) is 0.290. The molecule has 1 aliphatic rings. The molecule has 0 bridgehead atoms. The monoisotopic (exact) mass is 539 g/mol. The number of hydrogen-bond acceptors (Lipinski definition) is 8. The van der Waals surface area contributed by atoms with E-state index in [1.165, 1.54) is 10.7 Å². The van der Waals surface area contributed by atoms with Crippen molar-refractivity contribution < 1.29 is 18.8 Å². The minimum absolute atomic E-state index is 0.101. The van der Waals surface area contributed by atoms with E-state index in [2.05, 4.69) is 25.4 Å². The van der Waals surface area contributed by atoms with E-state index in [1.807, 2.05) is 24.3 Å². The molecule has 40 heavy (non-hydrogen) atoms. The first kappa shape index (κ1) is 25.5. The fourth-order valence-corrected chi connectivity index (χ4v) is 5.28. The standard InChI is InChI=1S/C29H26FN7O3/c30-22-3-1-2-4-24(22)37-26(18-11-13-32-14-12-18)25(34-36-37)28-33-27(35-40-28)19-7-5-17(6-8-19)15-23(31)20-9-10-21(16-20)29(38)39/h1-8,11-14,20-21,23H,9-10,15-16,31H2,(H,38,39)/t20?,21-,23?/m0/s1. The maximum Gasteiger partial charge on any atom is 0.306 e. The van der Waals surface area contributed by atoms with Crippen LogP contribution in [-0.2, 0) is 11.2 Å². The van der Waals surface area contributed by atoms with Gasteiger partial charge in [-0.1, -0.05) is 46.8 Å². The van der Waals surface area contributed by atoms with Crippen molar-refractivity contribution in [1.82, 2.24) is 30.1 Å². The minimum atomic E-state index is -0.735. The van der Waals surface area contributed by atoms with E-state index < -0.39 is 11.8 Å². The van der Waals surface area contributed by atoms with Crippen LogP contribution < -0.4 is 5.73 Å². The Hall–Kier alpha value is -4.77. The van der Waals surface area contributed by atoms with Crippen LogP contribution in [-0.4, -0.2) is 47.2 Å². The molecule has 1 saturated carbocycles. The van der Waals surface area contributed by atoms with Crippen LogP contribution in [0.25, 0.3) is 39.9 Å². The number of hydrogen-bond donors (Lipinski definition) is 2. The largest absolute Gasteiger partial charge is 0.481 e. The highest BCUT2D eigenvalue weighted by Gasteiger charge is 2.33. The van der Waals surface area contributed by atoms with Crippen molar-refractivity contribution in [3.05, 3.63) is 84.4 Å². The number of rotatable bonds is 8. The lowest BCUT2D eigenvalue weighted by Crippen LogP contribution is -2.31. The van der Waals surface area contributed by atoms with Gasteiger partial charge in [0.1, 0.15) is 17.2 Å². The van der Waals surface area contributed by atoms with Crippen LogP contribution >= 0.6 is 0 Å². The Morgan fingerprint density at radius 1 is 1.07 bits per heavy atom. The summed E-state index contributed by atoms with van der Waals surface area (Å²) in [6, 6.07) is 17.5. The number of halogens is 1. The van der Waals surface area contributed by atoms with Crippen molar-refractivity contribution in [2.75, 3.05) is 0 Å². The third-order valence-corrected chi connectivity index (χ3v) is 7.44. The Kier molecular flexibility index (Phi) is 6.87. The Morgan fingerprint density at radius 3 is 2.58 bits per heavy atom. The van der Waals surface area contributed by atoms with E-state index >= 15 is 0 Å². The van der Waals surface area contributed by atoms with Gasteiger partial charge >= 0.3 is 5.97 Å². The summed E-state index contributed by atoms with van der Waals surface area (Å²) in [5, 5.41) is 21.9. The summed E-state index contributed by atoms with van der Waals surface area (Å²) in [7, 11) is 0. The van der Waals surface area contributed by atoms with Crippen molar-refractivity contribution in [2.45, 2.75) is 31.7 Å². The molecule has 3 heterocycles. The SMILES string of the molecule is NC(Cc1ccc(-c2noc(-c3nnn(-c4ccccc4F)c3-c3ccncc3)n2)cc1)C1CC[C@H](C(=O)O)C1. The zero-order valence-electron chi connectivity index (χ0n) is 21.4. The lowest BCUT2D eigenvalue weighted by atomic mass is 9.92. The number of para-hydroxylation sites is 1. The fourth-order valence-electron chi connectivity index (χ4n) is 5.28. The van der Waals surface area contributed by atoms with Gasteiger partial charge in [0.05, 0.1) is 5.92 Å². The molecular formula is C29H26FN7O3. The van der Waals surface area contributed by atoms with E-state index in [0.717, 1.165) is 17.5 Å². The first-order chi connectivity index (χ1) is 19.5. The number of nitrogens with zero attached hydrogens (tertiary/aromatic N) is 6. The second-order valence-corrected chi connectivity index (χ2v) is 9.98. The molecule has 0 amide bonds. The Balaban J connectivity index is 1.25. The predicted molar refractivity (Wildman–Crippen MR) is 143 cm³/mol. The highest BCUT2D eigenvalue weighted by molar-refractivity contribution is 5.76. The number of carboxylic acid groups (broad SMARTS) is 1. The van der Waals surface area contributed by atoms with E-state index in [9.17, 15) is 14.3 Å². The van der Waals surface area contributed by atoms with E-state index in [1.54, 1.807) is 42.7 Å². The summed E-state index contributed by atoms with van der Waals surface area (Å²) in [5.41, 5.74) is 9.96. The smallest absolute Gasteiger partial charge is 0.306 e. The lowest BCUT2D eigenvalue weighted by Gasteiger charge is -2.19. The first-order valence-electron chi connectivity index (χ1n) is 13.0. The number of nitrogens with two attached hydrogens (primary N) is 1. The molecule has 6 rings (SSSR count). The molecular weight excluding hydrogens is 513 g/mol. The van der Waals surface area contributed by atoms with Gasteiger partial charge in [-0.05, 0) is 61.4 Å². The minimum Gasteiger partial charge on any atom is -0.481 e. The molecule has 2 unspecified atom stereocenters. The van der Waals surface area contributed by atoms with Crippen molar-refractivity contribution >= 4 is 5.97 Å². The number of benzene rings is 2. The van der Waals surface area contributed by atoms with Crippen LogP contribution in [0.15, 0.2) is 77.6 Å². The van der Waals surface area contributed by atoms with Gasteiger partial charge in [-0.2, -0.15) is 4.98 Å². The van der Waals surface area contributed by atoms with Gasteiger partial charge in [0.25, 0.3) is 5.89 Å². The third kappa shape index (κ3) is 4.98. The molecule has 5 aromatic rings. The van der Waals surface area contributed by atoms with Crippen LogP contribution in [0, 0.1) is 17.7 Å². The van der Waals surface area contributed by atoms with Crippen LogP contribution in [0.5, 0.6) is 0 Å². The molecule has 202 valence electrons. The van der Waals surface area contributed by atoms with Crippen molar-refractivity contribution in [3.63, 3.8) is 0 Å². The molecule has 0 spiro atoms. The highest BCUT2D eigenvalue weighted by atomic mass is 19.1. The Morgan fingerprint density at radius 2 is 1.85 bits per heavy atom. The van der Waals surface area contributed by atoms with Gasteiger partial charge < -0.3 is 15.4 Å². The van der Waals surface area contributed by atoms with Gasteiger partial charge in [-0.25, -0.2) is 9.07 Å². The van der Waals surface area contributed by atoms with Crippen LogP contribution in [0.4, 0.5) is 4.39 Å². The zero-order chi connectivity index (χ0) is 27.6. The van der Waals surface area contributed by atoms with Crippen LogP contribution in [0.3, 0.4) is 0 Å². The number of carboxylic acids is 1. The average Bonchev–Trinajstić information content (AvgIpc) is 3.74. The molecule has 10 nitrogen and oxygen atoms in total. The van der Waals surface area contributed by atoms with Gasteiger partial charge in [-0.15, -0.1) is 5.10 Å². The molecule has 2 aromatic carbocycles. The normalized spacial score (nSPS) is 17.6. The summed E-state index contributed by atoms with van der Waals surface area (Å²) in [5.74, 6) is -0.765. The average molecular weight is 540 g/mol. The summed E-state index contributed by atoms with van der Waals surface area (Å²) in [4.78, 5) is 19.9. The second kappa shape index (κ2) is 10.8. The highest BCUT2D eigenvalue weighted by Crippen LogP contribution is 2.35. The maximum atomic E-state index is 14.7. The molecule has 1 fully saturated rings. The maximum absolute atomic E-state index is 14.7. The van der Waals surface area contributed by atoms with Gasteiger partial charge in [0.2, 0.25) is 5.82 Å². The summed E-state index contributed by atoms with van der Waals surface area (Å²) in [6.45, 7) is 0.